The Morgan fingerprint density at radius 3 is 2.89 bits per heavy atom. The molecule has 1 aromatic rings. The molecule has 0 radical (unpaired) electrons. The minimum absolute atomic E-state index is 0.0180. The van der Waals surface area contributed by atoms with Gasteiger partial charge in [-0.25, -0.2) is 4.39 Å². The number of rotatable bonds is 3. The summed E-state index contributed by atoms with van der Waals surface area (Å²) in [6.45, 7) is 3.64. The molecule has 4 heteroatoms. The number of carbonyl (C=O) groups excluding carboxylic acids is 1. The fraction of sp³-hybridized carbons (Fsp3) is 0.500. The number of benzene rings is 1. The van der Waals surface area contributed by atoms with Crippen molar-refractivity contribution < 1.29 is 9.18 Å². The van der Waals surface area contributed by atoms with Crippen molar-refractivity contribution in [1.82, 2.24) is 5.32 Å². The van der Waals surface area contributed by atoms with Gasteiger partial charge in [-0.1, -0.05) is 6.07 Å². The third-order valence-corrected chi connectivity index (χ3v) is 3.47. The van der Waals surface area contributed by atoms with Gasteiger partial charge >= 0.3 is 0 Å². The Labute approximate surface area is 107 Å². The normalized spacial score (nSPS) is 16.6. The first-order valence-corrected chi connectivity index (χ1v) is 6.42. The lowest BCUT2D eigenvalue weighted by atomic mass is 9.94. The molecule has 1 aliphatic heterocycles. The summed E-state index contributed by atoms with van der Waals surface area (Å²) in [6.07, 6.45) is 2.60. The van der Waals surface area contributed by atoms with Crippen LogP contribution in [0.5, 0.6) is 0 Å². The SMILES string of the molecule is Cc1c(F)cccc1NC(=O)CC1CCNCC1. The predicted molar refractivity (Wildman–Crippen MR) is 70.0 cm³/mol. The highest BCUT2D eigenvalue weighted by molar-refractivity contribution is 5.91. The van der Waals surface area contributed by atoms with Gasteiger partial charge in [0.05, 0.1) is 0 Å². The van der Waals surface area contributed by atoms with Crippen LogP contribution in [0, 0.1) is 18.7 Å². The zero-order chi connectivity index (χ0) is 13.0. The molecule has 0 atom stereocenters. The Balaban J connectivity index is 1.92. The lowest BCUT2D eigenvalue weighted by Gasteiger charge is -2.22. The van der Waals surface area contributed by atoms with E-state index in [1.165, 1.54) is 6.07 Å². The molecular formula is C14H19FN2O. The molecule has 1 aliphatic rings. The van der Waals surface area contributed by atoms with E-state index in [0.717, 1.165) is 25.9 Å². The van der Waals surface area contributed by atoms with E-state index in [1.54, 1.807) is 19.1 Å². The smallest absolute Gasteiger partial charge is 0.224 e. The highest BCUT2D eigenvalue weighted by atomic mass is 19.1. The van der Waals surface area contributed by atoms with E-state index < -0.39 is 0 Å². The Bertz CT molecular complexity index is 428. The first kappa shape index (κ1) is 13.0. The average Bonchev–Trinajstić information content (AvgIpc) is 2.36. The van der Waals surface area contributed by atoms with Crippen LogP contribution in [0.15, 0.2) is 18.2 Å². The molecule has 98 valence electrons. The molecule has 1 aromatic carbocycles. The van der Waals surface area contributed by atoms with E-state index in [-0.39, 0.29) is 11.7 Å². The van der Waals surface area contributed by atoms with Gasteiger partial charge in [0.25, 0.3) is 0 Å². The lowest BCUT2D eigenvalue weighted by Crippen LogP contribution is -2.30. The maximum atomic E-state index is 13.3. The van der Waals surface area contributed by atoms with Gasteiger partial charge in [-0.15, -0.1) is 0 Å². The number of amides is 1. The molecule has 1 heterocycles. The summed E-state index contributed by atoms with van der Waals surface area (Å²) in [7, 11) is 0. The molecule has 1 amide bonds. The molecule has 0 aromatic heterocycles. The Hall–Kier alpha value is -1.42. The van der Waals surface area contributed by atoms with Crippen LogP contribution in [0.25, 0.3) is 0 Å². The summed E-state index contributed by atoms with van der Waals surface area (Å²) in [6, 6.07) is 4.75. The van der Waals surface area contributed by atoms with Gasteiger partial charge in [0, 0.05) is 17.7 Å². The van der Waals surface area contributed by atoms with Gasteiger partial charge in [-0.05, 0) is 50.9 Å². The van der Waals surface area contributed by atoms with Crippen LogP contribution in [0.4, 0.5) is 10.1 Å². The van der Waals surface area contributed by atoms with Crippen molar-refractivity contribution in [2.75, 3.05) is 18.4 Å². The maximum absolute atomic E-state index is 13.3. The summed E-state index contributed by atoms with van der Waals surface area (Å²) < 4.78 is 13.3. The molecule has 2 rings (SSSR count). The number of hydrogen-bond donors (Lipinski definition) is 2. The minimum atomic E-state index is -0.283. The van der Waals surface area contributed by atoms with Crippen LogP contribution in [0.3, 0.4) is 0 Å². The molecule has 0 bridgehead atoms. The second kappa shape index (κ2) is 5.96. The number of halogens is 1. The van der Waals surface area contributed by atoms with Gasteiger partial charge in [0.15, 0.2) is 0 Å². The topological polar surface area (TPSA) is 41.1 Å². The highest BCUT2D eigenvalue weighted by Gasteiger charge is 2.17. The fourth-order valence-electron chi connectivity index (χ4n) is 2.29. The second-order valence-corrected chi connectivity index (χ2v) is 4.86. The van der Waals surface area contributed by atoms with E-state index in [9.17, 15) is 9.18 Å². The molecule has 0 aliphatic carbocycles. The molecule has 1 saturated heterocycles. The zero-order valence-electron chi connectivity index (χ0n) is 10.6. The third-order valence-electron chi connectivity index (χ3n) is 3.47. The van der Waals surface area contributed by atoms with Gasteiger partial charge < -0.3 is 10.6 Å². The van der Waals surface area contributed by atoms with Gasteiger partial charge in [-0.3, -0.25) is 4.79 Å². The van der Waals surface area contributed by atoms with Gasteiger partial charge in [-0.2, -0.15) is 0 Å². The van der Waals surface area contributed by atoms with Crippen molar-refractivity contribution in [2.45, 2.75) is 26.2 Å². The number of carbonyl (C=O) groups is 1. The van der Waals surface area contributed by atoms with Gasteiger partial charge in [0.2, 0.25) is 5.91 Å². The van der Waals surface area contributed by atoms with Gasteiger partial charge in [0.1, 0.15) is 5.82 Å². The number of nitrogens with one attached hydrogen (secondary N) is 2. The van der Waals surface area contributed by atoms with Crippen LogP contribution in [-0.2, 0) is 4.79 Å². The standard InChI is InChI=1S/C14H19FN2O/c1-10-12(15)3-2-4-13(10)17-14(18)9-11-5-7-16-8-6-11/h2-4,11,16H,5-9H2,1H3,(H,17,18). The van der Waals surface area contributed by atoms with E-state index in [0.29, 0.717) is 23.6 Å². The first-order chi connectivity index (χ1) is 8.66. The fourth-order valence-corrected chi connectivity index (χ4v) is 2.29. The van der Waals surface area contributed by atoms with E-state index in [1.807, 2.05) is 0 Å². The number of hydrogen-bond acceptors (Lipinski definition) is 2. The predicted octanol–water partition coefficient (Wildman–Crippen LogP) is 2.46. The Morgan fingerprint density at radius 1 is 1.44 bits per heavy atom. The minimum Gasteiger partial charge on any atom is -0.326 e. The van der Waals surface area contributed by atoms with E-state index in [2.05, 4.69) is 10.6 Å². The molecule has 3 nitrogen and oxygen atoms in total. The summed E-state index contributed by atoms with van der Waals surface area (Å²) in [4.78, 5) is 11.9. The summed E-state index contributed by atoms with van der Waals surface area (Å²) >= 11 is 0. The Kier molecular flexibility index (Phi) is 4.31. The third kappa shape index (κ3) is 3.29. The maximum Gasteiger partial charge on any atom is 0.224 e. The molecule has 0 spiro atoms. The van der Waals surface area contributed by atoms with Crippen LogP contribution >= 0.6 is 0 Å². The van der Waals surface area contributed by atoms with Crippen molar-refractivity contribution in [2.24, 2.45) is 5.92 Å². The van der Waals surface area contributed by atoms with Crippen LogP contribution in [0.1, 0.15) is 24.8 Å². The summed E-state index contributed by atoms with van der Waals surface area (Å²) in [5, 5.41) is 6.07. The van der Waals surface area contributed by atoms with Crippen molar-refractivity contribution >= 4 is 11.6 Å². The first-order valence-electron chi connectivity index (χ1n) is 6.42. The van der Waals surface area contributed by atoms with Crippen molar-refractivity contribution in [3.05, 3.63) is 29.6 Å². The van der Waals surface area contributed by atoms with Crippen LogP contribution in [0.2, 0.25) is 0 Å². The lowest BCUT2D eigenvalue weighted by molar-refractivity contribution is -0.117. The summed E-state index contributed by atoms with van der Waals surface area (Å²) in [5.41, 5.74) is 1.07. The average molecular weight is 250 g/mol. The number of anilines is 1. The molecule has 0 saturated carbocycles. The molecular weight excluding hydrogens is 231 g/mol. The van der Waals surface area contributed by atoms with Crippen molar-refractivity contribution in [1.29, 1.82) is 0 Å². The molecule has 1 fully saturated rings. The largest absolute Gasteiger partial charge is 0.326 e. The van der Waals surface area contributed by atoms with Crippen LogP contribution < -0.4 is 10.6 Å². The second-order valence-electron chi connectivity index (χ2n) is 4.86. The monoisotopic (exact) mass is 250 g/mol. The van der Waals surface area contributed by atoms with E-state index >= 15 is 0 Å². The number of piperidine rings is 1. The molecule has 0 unspecified atom stereocenters. The summed E-state index contributed by atoms with van der Waals surface area (Å²) in [5.74, 6) is 0.144. The Morgan fingerprint density at radius 2 is 2.17 bits per heavy atom. The van der Waals surface area contributed by atoms with Crippen LogP contribution in [-0.4, -0.2) is 19.0 Å². The highest BCUT2D eigenvalue weighted by Crippen LogP contribution is 2.20. The van der Waals surface area contributed by atoms with Crippen molar-refractivity contribution in [3.8, 4) is 0 Å². The molecule has 18 heavy (non-hydrogen) atoms. The zero-order valence-corrected chi connectivity index (χ0v) is 10.6. The molecule has 2 N–H and O–H groups in total. The van der Waals surface area contributed by atoms with E-state index in [4.69, 9.17) is 0 Å². The van der Waals surface area contributed by atoms with Crippen molar-refractivity contribution in [3.63, 3.8) is 0 Å². The quantitative estimate of drug-likeness (QED) is 0.865.